The molecule has 0 N–H and O–H groups in total. The Balaban J connectivity index is 2.64. The first-order chi connectivity index (χ1) is 6.65. The lowest BCUT2D eigenvalue weighted by Gasteiger charge is -2.32. The molecule has 80 valence electrons. The number of nitriles is 1. The minimum atomic E-state index is 0.424. The van der Waals surface area contributed by atoms with Crippen LogP contribution in [0, 0.1) is 11.3 Å². The summed E-state index contributed by atoms with van der Waals surface area (Å²) in [7, 11) is 2.15. The molecule has 1 aliphatic heterocycles. The maximum Gasteiger partial charge on any atom is 0.0638 e. The Bertz CT molecular complexity index is 207. The van der Waals surface area contributed by atoms with E-state index in [2.05, 4.69) is 36.8 Å². The summed E-state index contributed by atoms with van der Waals surface area (Å²) in [5, 5.41) is 8.80. The van der Waals surface area contributed by atoms with Crippen LogP contribution >= 0.6 is 0 Å². The van der Waals surface area contributed by atoms with Crippen molar-refractivity contribution in [2.75, 3.05) is 26.7 Å². The largest absolute Gasteiger partial charge is 0.305 e. The first kappa shape index (κ1) is 11.5. The van der Waals surface area contributed by atoms with Crippen LogP contribution in [0.15, 0.2) is 0 Å². The van der Waals surface area contributed by atoms with Gasteiger partial charge in [-0.05, 0) is 33.9 Å². The van der Waals surface area contributed by atoms with Gasteiger partial charge < -0.3 is 4.90 Å². The smallest absolute Gasteiger partial charge is 0.0638 e. The van der Waals surface area contributed by atoms with E-state index in [0.29, 0.717) is 18.5 Å². The molecule has 1 fully saturated rings. The average Bonchev–Trinajstić information content (AvgIpc) is 2.27. The Labute approximate surface area is 87.3 Å². The van der Waals surface area contributed by atoms with Gasteiger partial charge in [-0.25, -0.2) is 0 Å². The van der Waals surface area contributed by atoms with Crippen LogP contribution in [0.4, 0.5) is 0 Å². The summed E-state index contributed by atoms with van der Waals surface area (Å²) in [6.45, 7) is 7.76. The molecule has 0 bridgehead atoms. The van der Waals surface area contributed by atoms with Crippen LogP contribution in [0.25, 0.3) is 0 Å². The molecule has 0 aromatic rings. The molecule has 0 aromatic heterocycles. The van der Waals surface area contributed by atoms with Crippen LogP contribution in [-0.4, -0.2) is 48.6 Å². The summed E-state index contributed by atoms with van der Waals surface area (Å²) in [5.41, 5.74) is 0. The Morgan fingerprint density at radius 3 is 2.71 bits per heavy atom. The molecule has 1 aliphatic rings. The van der Waals surface area contributed by atoms with Crippen LogP contribution in [-0.2, 0) is 0 Å². The lowest BCUT2D eigenvalue weighted by molar-refractivity contribution is 0.152. The predicted octanol–water partition coefficient (Wildman–Crippen LogP) is 1.31. The standard InChI is InChI=1S/C11H21N3/c1-10(2)14-8-4-7-13(3)9-11(14)5-6-12/h10-11H,4-5,7-9H2,1-3H3. The fourth-order valence-corrected chi connectivity index (χ4v) is 2.23. The minimum absolute atomic E-state index is 0.424. The molecule has 0 amide bonds. The van der Waals surface area contributed by atoms with Crippen LogP contribution in [0.3, 0.4) is 0 Å². The topological polar surface area (TPSA) is 30.3 Å². The molecule has 0 spiro atoms. The second-order valence-corrected chi connectivity index (χ2v) is 4.46. The lowest BCUT2D eigenvalue weighted by Crippen LogP contribution is -2.43. The highest BCUT2D eigenvalue weighted by Gasteiger charge is 2.24. The highest BCUT2D eigenvalue weighted by molar-refractivity contribution is 4.87. The Morgan fingerprint density at radius 2 is 2.14 bits per heavy atom. The molecule has 14 heavy (non-hydrogen) atoms. The van der Waals surface area contributed by atoms with Gasteiger partial charge in [-0.2, -0.15) is 5.26 Å². The van der Waals surface area contributed by atoms with E-state index in [4.69, 9.17) is 5.26 Å². The van der Waals surface area contributed by atoms with Crippen molar-refractivity contribution >= 4 is 0 Å². The third kappa shape index (κ3) is 2.97. The number of hydrogen-bond acceptors (Lipinski definition) is 3. The van der Waals surface area contributed by atoms with E-state index in [1.807, 2.05) is 0 Å². The summed E-state index contributed by atoms with van der Waals surface area (Å²) >= 11 is 0. The van der Waals surface area contributed by atoms with Crippen molar-refractivity contribution < 1.29 is 0 Å². The van der Waals surface area contributed by atoms with E-state index >= 15 is 0 Å². The van der Waals surface area contributed by atoms with E-state index in [1.165, 1.54) is 6.42 Å². The quantitative estimate of drug-likeness (QED) is 0.665. The fourth-order valence-electron chi connectivity index (χ4n) is 2.23. The fraction of sp³-hybridized carbons (Fsp3) is 0.909. The molecule has 0 saturated carbocycles. The van der Waals surface area contributed by atoms with Gasteiger partial charge in [0.1, 0.15) is 0 Å². The van der Waals surface area contributed by atoms with Gasteiger partial charge in [0.15, 0.2) is 0 Å². The van der Waals surface area contributed by atoms with Gasteiger partial charge in [0.2, 0.25) is 0 Å². The summed E-state index contributed by atoms with van der Waals surface area (Å²) < 4.78 is 0. The van der Waals surface area contributed by atoms with Gasteiger partial charge in [0.25, 0.3) is 0 Å². The minimum Gasteiger partial charge on any atom is -0.305 e. The third-order valence-electron chi connectivity index (χ3n) is 2.94. The number of rotatable bonds is 2. The van der Waals surface area contributed by atoms with Crippen LogP contribution in [0.1, 0.15) is 26.7 Å². The predicted molar refractivity (Wildman–Crippen MR) is 58.0 cm³/mol. The Morgan fingerprint density at radius 1 is 1.43 bits per heavy atom. The third-order valence-corrected chi connectivity index (χ3v) is 2.94. The van der Waals surface area contributed by atoms with E-state index in [-0.39, 0.29) is 0 Å². The molecule has 0 aliphatic carbocycles. The first-order valence-corrected chi connectivity index (χ1v) is 5.46. The van der Waals surface area contributed by atoms with Gasteiger partial charge in [-0.15, -0.1) is 0 Å². The molecular formula is C11H21N3. The maximum absolute atomic E-state index is 8.80. The second kappa shape index (κ2) is 5.33. The average molecular weight is 195 g/mol. The van der Waals surface area contributed by atoms with E-state index in [0.717, 1.165) is 19.6 Å². The number of likely N-dealkylation sites (N-methyl/N-ethyl adjacent to an activating group) is 1. The van der Waals surface area contributed by atoms with Crippen molar-refractivity contribution in [1.82, 2.24) is 9.80 Å². The Hall–Kier alpha value is -0.590. The molecule has 1 saturated heterocycles. The van der Waals surface area contributed by atoms with Gasteiger partial charge in [-0.1, -0.05) is 0 Å². The molecule has 0 aromatic carbocycles. The van der Waals surface area contributed by atoms with Crippen molar-refractivity contribution in [3.8, 4) is 6.07 Å². The molecular weight excluding hydrogens is 174 g/mol. The zero-order valence-corrected chi connectivity index (χ0v) is 9.53. The van der Waals surface area contributed by atoms with E-state index in [1.54, 1.807) is 0 Å². The Kier molecular flexibility index (Phi) is 4.37. The lowest BCUT2D eigenvalue weighted by atomic mass is 10.1. The van der Waals surface area contributed by atoms with Crippen LogP contribution < -0.4 is 0 Å². The maximum atomic E-state index is 8.80. The monoisotopic (exact) mass is 195 g/mol. The van der Waals surface area contributed by atoms with Gasteiger partial charge in [-0.3, -0.25) is 4.90 Å². The number of hydrogen-bond donors (Lipinski definition) is 0. The molecule has 1 unspecified atom stereocenters. The summed E-state index contributed by atoms with van der Waals surface area (Å²) in [4.78, 5) is 4.80. The normalized spacial score (nSPS) is 26.1. The van der Waals surface area contributed by atoms with Crippen molar-refractivity contribution in [1.29, 1.82) is 5.26 Å². The van der Waals surface area contributed by atoms with Gasteiger partial charge in [0.05, 0.1) is 12.5 Å². The molecule has 1 heterocycles. The molecule has 0 radical (unpaired) electrons. The van der Waals surface area contributed by atoms with Gasteiger partial charge >= 0.3 is 0 Å². The highest BCUT2D eigenvalue weighted by Crippen LogP contribution is 2.14. The first-order valence-electron chi connectivity index (χ1n) is 5.46. The summed E-state index contributed by atoms with van der Waals surface area (Å²) in [6, 6.07) is 3.28. The summed E-state index contributed by atoms with van der Waals surface area (Å²) in [6.07, 6.45) is 1.87. The van der Waals surface area contributed by atoms with Crippen molar-refractivity contribution in [3.63, 3.8) is 0 Å². The highest BCUT2D eigenvalue weighted by atomic mass is 15.2. The number of nitrogens with zero attached hydrogens (tertiary/aromatic N) is 3. The van der Waals surface area contributed by atoms with Gasteiger partial charge in [0, 0.05) is 25.2 Å². The molecule has 1 rings (SSSR count). The van der Waals surface area contributed by atoms with Crippen molar-refractivity contribution in [2.24, 2.45) is 0 Å². The van der Waals surface area contributed by atoms with Crippen molar-refractivity contribution in [2.45, 2.75) is 38.8 Å². The van der Waals surface area contributed by atoms with E-state index < -0.39 is 0 Å². The summed E-state index contributed by atoms with van der Waals surface area (Å²) in [5.74, 6) is 0. The SMILES string of the molecule is CC(C)N1CCCN(C)CC1CC#N. The zero-order valence-electron chi connectivity index (χ0n) is 9.53. The van der Waals surface area contributed by atoms with Crippen LogP contribution in [0.5, 0.6) is 0 Å². The second-order valence-electron chi connectivity index (χ2n) is 4.46. The van der Waals surface area contributed by atoms with Crippen LogP contribution in [0.2, 0.25) is 0 Å². The molecule has 3 nitrogen and oxygen atoms in total. The molecule has 3 heteroatoms. The molecule has 1 atom stereocenters. The van der Waals surface area contributed by atoms with Crippen molar-refractivity contribution in [3.05, 3.63) is 0 Å². The zero-order chi connectivity index (χ0) is 10.6. The van der Waals surface area contributed by atoms with E-state index in [9.17, 15) is 0 Å².